The normalized spacial score (nSPS) is 11.1. The van der Waals surface area contributed by atoms with Crippen molar-refractivity contribution in [3.8, 4) is 5.75 Å². The maximum absolute atomic E-state index is 11.1. The molecular weight excluding hydrogens is 254 g/mol. The molecule has 4 heteroatoms. The molecule has 4 nitrogen and oxygen atoms in total. The number of ether oxygens (including phenoxy) is 2. The van der Waals surface area contributed by atoms with E-state index >= 15 is 0 Å². The summed E-state index contributed by atoms with van der Waals surface area (Å²) < 4.78 is 12.7. The number of carbonyl (C=O) groups is 1. The molecule has 1 aromatic heterocycles. The molecule has 0 atom stereocenters. The van der Waals surface area contributed by atoms with E-state index in [0.717, 1.165) is 28.1 Å². The van der Waals surface area contributed by atoms with Crippen molar-refractivity contribution in [3.05, 3.63) is 42.0 Å². The van der Waals surface area contributed by atoms with Crippen molar-refractivity contribution in [2.45, 2.75) is 0 Å². The SMILES string of the molecule is COCOc1cc(C=O)cc2c3ccccc3n(C)c12. The zero-order valence-corrected chi connectivity index (χ0v) is 11.4. The van der Waals surface area contributed by atoms with Crippen molar-refractivity contribution in [2.24, 2.45) is 7.05 Å². The number of hydrogen-bond acceptors (Lipinski definition) is 3. The van der Waals surface area contributed by atoms with E-state index in [1.165, 1.54) is 0 Å². The second-order valence-electron chi connectivity index (χ2n) is 4.66. The Morgan fingerprint density at radius 1 is 1.20 bits per heavy atom. The zero-order valence-electron chi connectivity index (χ0n) is 11.4. The first kappa shape index (κ1) is 12.7. The quantitative estimate of drug-likeness (QED) is 0.539. The Balaban J connectivity index is 2.39. The van der Waals surface area contributed by atoms with E-state index in [2.05, 4.69) is 10.6 Å². The van der Waals surface area contributed by atoms with E-state index in [9.17, 15) is 4.79 Å². The van der Waals surface area contributed by atoms with E-state index in [1.807, 2.05) is 31.3 Å². The minimum Gasteiger partial charge on any atom is -0.465 e. The highest BCUT2D eigenvalue weighted by Gasteiger charge is 2.14. The van der Waals surface area contributed by atoms with Gasteiger partial charge in [0, 0.05) is 36.0 Å². The van der Waals surface area contributed by atoms with Crippen LogP contribution in [0.1, 0.15) is 10.4 Å². The monoisotopic (exact) mass is 269 g/mol. The molecule has 0 aliphatic heterocycles. The van der Waals surface area contributed by atoms with E-state index < -0.39 is 0 Å². The van der Waals surface area contributed by atoms with Crippen molar-refractivity contribution >= 4 is 28.1 Å². The predicted molar refractivity (Wildman–Crippen MR) is 78.3 cm³/mol. The third-order valence-corrected chi connectivity index (χ3v) is 3.46. The minimum atomic E-state index is 0.152. The number of carbonyl (C=O) groups excluding carboxylic acids is 1. The number of aromatic nitrogens is 1. The standard InChI is InChI=1S/C16H15NO3/c1-17-14-6-4-3-5-12(14)13-7-11(9-18)8-15(16(13)17)20-10-19-2/h3-9H,10H2,1-2H3. The van der Waals surface area contributed by atoms with Gasteiger partial charge in [-0.2, -0.15) is 0 Å². The molecule has 0 saturated heterocycles. The fraction of sp³-hybridized carbons (Fsp3) is 0.188. The van der Waals surface area contributed by atoms with Crippen molar-refractivity contribution < 1.29 is 14.3 Å². The molecule has 0 unspecified atom stereocenters. The van der Waals surface area contributed by atoms with E-state index in [1.54, 1.807) is 13.2 Å². The van der Waals surface area contributed by atoms with Crippen LogP contribution in [0.2, 0.25) is 0 Å². The Bertz CT molecular complexity index is 789. The fourth-order valence-electron chi connectivity index (χ4n) is 2.60. The third kappa shape index (κ3) is 1.85. The van der Waals surface area contributed by atoms with Gasteiger partial charge in [0.15, 0.2) is 6.79 Å². The molecule has 1 heterocycles. The van der Waals surface area contributed by atoms with Crippen LogP contribution in [-0.4, -0.2) is 24.8 Å². The Morgan fingerprint density at radius 3 is 2.75 bits per heavy atom. The van der Waals surface area contributed by atoms with Crippen LogP contribution in [0.3, 0.4) is 0 Å². The third-order valence-electron chi connectivity index (χ3n) is 3.46. The van der Waals surface area contributed by atoms with Crippen LogP contribution < -0.4 is 4.74 Å². The van der Waals surface area contributed by atoms with Gasteiger partial charge in [0.05, 0.1) is 5.52 Å². The summed E-state index contributed by atoms with van der Waals surface area (Å²) in [5.41, 5.74) is 2.67. The van der Waals surface area contributed by atoms with Crippen LogP contribution in [0.25, 0.3) is 21.8 Å². The molecule has 0 amide bonds. The summed E-state index contributed by atoms with van der Waals surface area (Å²) in [5.74, 6) is 0.658. The van der Waals surface area contributed by atoms with Crippen molar-refractivity contribution in [1.29, 1.82) is 0 Å². The summed E-state index contributed by atoms with van der Waals surface area (Å²) >= 11 is 0. The lowest BCUT2D eigenvalue weighted by Gasteiger charge is -2.09. The van der Waals surface area contributed by atoms with Gasteiger partial charge in [-0.25, -0.2) is 0 Å². The lowest BCUT2D eigenvalue weighted by Crippen LogP contribution is -2.01. The van der Waals surface area contributed by atoms with Gasteiger partial charge in [-0.05, 0) is 18.2 Å². The highest BCUT2D eigenvalue weighted by atomic mass is 16.7. The van der Waals surface area contributed by atoms with Gasteiger partial charge in [-0.15, -0.1) is 0 Å². The van der Waals surface area contributed by atoms with Gasteiger partial charge in [0.1, 0.15) is 12.0 Å². The smallest absolute Gasteiger partial charge is 0.188 e. The summed E-state index contributed by atoms with van der Waals surface area (Å²) in [5, 5.41) is 2.12. The summed E-state index contributed by atoms with van der Waals surface area (Å²) in [6.07, 6.45) is 0.834. The molecule has 2 aromatic carbocycles. The van der Waals surface area contributed by atoms with Gasteiger partial charge < -0.3 is 14.0 Å². The van der Waals surface area contributed by atoms with Crippen molar-refractivity contribution in [3.63, 3.8) is 0 Å². The Hall–Kier alpha value is -2.33. The predicted octanol–water partition coefficient (Wildman–Crippen LogP) is 3.13. The Labute approximate surface area is 116 Å². The molecule has 0 fully saturated rings. The van der Waals surface area contributed by atoms with Crippen molar-refractivity contribution in [2.75, 3.05) is 13.9 Å². The van der Waals surface area contributed by atoms with Crippen LogP contribution in [0.15, 0.2) is 36.4 Å². The fourth-order valence-corrected chi connectivity index (χ4v) is 2.60. The average molecular weight is 269 g/mol. The molecule has 0 saturated carbocycles. The summed E-state index contributed by atoms with van der Waals surface area (Å²) in [6.45, 7) is 0.152. The number of fused-ring (bicyclic) bond motifs is 3. The van der Waals surface area contributed by atoms with Crippen LogP contribution in [0, 0.1) is 0 Å². The van der Waals surface area contributed by atoms with E-state index in [-0.39, 0.29) is 6.79 Å². The lowest BCUT2D eigenvalue weighted by atomic mass is 10.1. The lowest BCUT2D eigenvalue weighted by molar-refractivity contribution is 0.0519. The molecule has 0 N–H and O–H groups in total. The Morgan fingerprint density at radius 2 is 2.00 bits per heavy atom. The topological polar surface area (TPSA) is 40.5 Å². The van der Waals surface area contributed by atoms with Gasteiger partial charge in [-0.1, -0.05) is 18.2 Å². The van der Waals surface area contributed by atoms with Gasteiger partial charge >= 0.3 is 0 Å². The van der Waals surface area contributed by atoms with Crippen LogP contribution in [0.5, 0.6) is 5.75 Å². The first-order valence-corrected chi connectivity index (χ1v) is 6.34. The molecule has 3 rings (SSSR count). The Kier molecular flexibility index (Phi) is 3.16. The van der Waals surface area contributed by atoms with E-state index in [4.69, 9.17) is 9.47 Å². The number of rotatable bonds is 4. The zero-order chi connectivity index (χ0) is 14.1. The van der Waals surface area contributed by atoms with Crippen LogP contribution in [-0.2, 0) is 11.8 Å². The molecule has 0 bridgehead atoms. The number of benzene rings is 2. The van der Waals surface area contributed by atoms with Crippen molar-refractivity contribution in [1.82, 2.24) is 4.57 Å². The van der Waals surface area contributed by atoms with Gasteiger partial charge in [0.2, 0.25) is 0 Å². The van der Waals surface area contributed by atoms with Gasteiger partial charge in [0.25, 0.3) is 0 Å². The number of para-hydroxylation sites is 1. The molecule has 0 spiro atoms. The number of hydrogen-bond donors (Lipinski definition) is 0. The second kappa shape index (κ2) is 4.98. The minimum absolute atomic E-state index is 0.152. The molecule has 3 aromatic rings. The molecule has 0 aliphatic carbocycles. The number of methoxy groups -OCH3 is 1. The highest BCUT2D eigenvalue weighted by Crippen LogP contribution is 2.35. The summed E-state index contributed by atoms with van der Waals surface area (Å²) in [6, 6.07) is 11.7. The second-order valence-corrected chi connectivity index (χ2v) is 4.66. The maximum atomic E-state index is 11.1. The van der Waals surface area contributed by atoms with E-state index in [0.29, 0.717) is 11.3 Å². The van der Waals surface area contributed by atoms with Crippen LogP contribution in [0.4, 0.5) is 0 Å². The number of nitrogens with zero attached hydrogens (tertiary/aromatic N) is 1. The molecule has 0 aliphatic rings. The average Bonchev–Trinajstić information content (AvgIpc) is 2.78. The first-order valence-electron chi connectivity index (χ1n) is 6.34. The largest absolute Gasteiger partial charge is 0.465 e. The van der Waals surface area contributed by atoms with Gasteiger partial charge in [-0.3, -0.25) is 4.79 Å². The maximum Gasteiger partial charge on any atom is 0.188 e. The summed E-state index contributed by atoms with van der Waals surface area (Å²) in [7, 11) is 3.56. The number of aryl methyl sites for hydroxylation is 1. The molecule has 0 radical (unpaired) electrons. The molecule has 102 valence electrons. The molecule has 20 heavy (non-hydrogen) atoms. The number of aldehydes is 1. The summed E-state index contributed by atoms with van der Waals surface area (Å²) in [4.78, 5) is 11.1. The molecular formula is C16H15NO3. The highest BCUT2D eigenvalue weighted by molar-refractivity contribution is 6.11. The first-order chi connectivity index (χ1) is 9.76. The van der Waals surface area contributed by atoms with Crippen LogP contribution >= 0.6 is 0 Å².